The summed E-state index contributed by atoms with van der Waals surface area (Å²) in [6.45, 7) is 5.89. The van der Waals surface area contributed by atoms with E-state index in [0.717, 1.165) is 25.7 Å². The van der Waals surface area contributed by atoms with E-state index in [0.29, 0.717) is 5.92 Å². The molecule has 5 nitrogen and oxygen atoms in total. The first-order chi connectivity index (χ1) is 8.95. The molecule has 0 aromatic heterocycles. The number of carboxylic acids is 1. The zero-order valence-corrected chi connectivity index (χ0v) is 12.1. The maximum atomic E-state index is 11.9. The van der Waals surface area contributed by atoms with Crippen LogP contribution >= 0.6 is 0 Å². The van der Waals surface area contributed by atoms with Crippen molar-refractivity contribution in [2.45, 2.75) is 65.0 Å². The first kappa shape index (κ1) is 15.8. The molecule has 0 unspecified atom stereocenters. The highest BCUT2D eigenvalue weighted by atomic mass is 16.4. The largest absolute Gasteiger partial charge is 0.480 e. The first-order valence-electron chi connectivity index (χ1n) is 7.25. The summed E-state index contributed by atoms with van der Waals surface area (Å²) >= 11 is 0. The molecule has 1 saturated carbocycles. The molecule has 0 aromatic carbocycles. The molecule has 0 aromatic rings. The van der Waals surface area contributed by atoms with E-state index in [1.807, 2.05) is 13.8 Å². The number of hydrogen-bond acceptors (Lipinski definition) is 2. The third kappa shape index (κ3) is 4.73. The van der Waals surface area contributed by atoms with Crippen molar-refractivity contribution in [3.05, 3.63) is 0 Å². The van der Waals surface area contributed by atoms with E-state index in [1.54, 1.807) is 0 Å². The van der Waals surface area contributed by atoms with Crippen LogP contribution in [0.4, 0.5) is 4.79 Å². The SMILES string of the molecule is CC[C@H](C)[C@@H](NC(=O)N[C@H]1CCCC[C@H]1C)C(=O)O. The molecule has 0 saturated heterocycles. The number of aliphatic carboxylic acids is 1. The van der Waals surface area contributed by atoms with Crippen LogP contribution in [-0.2, 0) is 4.79 Å². The smallest absolute Gasteiger partial charge is 0.326 e. The van der Waals surface area contributed by atoms with E-state index in [2.05, 4.69) is 17.6 Å². The van der Waals surface area contributed by atoms with Gasteiger partial charge in [0.1, 0.15) is 6.04 Å². The molecule has 2 amide bonds. The fourth-order valence-electron chi connectivity index (χ4n) is 2.57. The van der Waals surface area contributed by atoms with Crippen LogP contribution in [0.3, 0.4) is 0 Å². The van der Waals surface area contributed by atoms with Crippen LogP contribution in [0.2, 0.25) is 0 Å². The van der Waals surface area contributed by atoms with Gasteiger partial charge in [-0.05, 0) is 24.7 Å². The predicted molar refractivity (Wildman–Crippen MR) is 74.0 cm³/mol. The monoisotopic (exact) mass is 270 g/mol. The summed E-state index contributed by atoms with van der Waals surface area (Å²) < 4.78 is 0. The molecular formula is C14H26N2O3. The molecule has 0 heterocycles. The molecule has 0 aliphatic heterocycles. The molecule has 19 heavy (non-hydrogen) atoms. The second kappa shape index (κ2) is 7.36. The molecule has 1 aliphatic rings. The van der Waals surface area contributed by atoms with E-state index in [9.17, 15) is 9.59 Å². The second-order valence-corrected chi connectivity index (χ2v) is 5.69. The average Bonchev–Trinajstić information content (AvgIpc) is 2.37. The second-order valence-electron chi connectivity index (χ2n) is 5.69. The summed E-state index contributed by atoms with van der Waals surface area (Å²) in [4.78, 5) is 23.1. The third-order valence-electron chi connectivity index (χ3n) is 4.19. The molecule has 110 valence electrons. The Balaban J connectivity index is 2.50. The van der Waals surface area contributed by atoms with Gasteiger partial charge in [-0.25, -0.2) is 9.59 Å². The van der Waals surface area contributed by atoms with Gasteiger partial charge in [-0.1, -0.05) is 40.0 Å². The van der Waals surface area contributed by atoms with Gasteiger partial charge in [-0.15, -0.1) is 0 Å². The Morgan fingerprint density at radius 3 is 2.47 bits per heavy atom. The standard InChI is InChI=1S/C14H26N2O3/c1-4-9(2)12(13(17)18)16-14(19)15-11-8-6-5-7-10(11)3/h9-12H,4-8H2,1-3H3,(H,17,18)(H2,15,16,19)/t9-,10+,11-,12+/m0/s1. The van der Waals surface area contributed by atoms with Gasteiger partial charge < -0.3 is 15.7 Å². The predicted octanol–water partition coefficient (Wildman–Crippen LogP) is 2.36. The van der Waals surface area contributed by atoms with Crippen LogP contribution in [0.5, 0.6) is 0 Å². The van der Waals surface area contributed by atoms with E-state index in [1.165, 1.54) is 6.42 Å². The zero-order valence-electron chi connectivity index (χ0n) is 12.1. The highest BCUT2D eigenvalue weighted by Crippen LogP contribution is 2.23. The fraction of sp³-hybridized carbons (Fsp3) is 0.857. The number of carbonyl (C=O) groups excluding carboxylic acids is 1. The Kier molecular flexibility index (Phi) is 6.12. The molecule has 0 radical (unpaired) electrons. The molecule has 0 bridgehead atoms. The van der Waals surface area contributed by atoms with Crippen LogP contribution in [0.1, 0.15) is 52.9 Å². The maximum absolute atomic E-state index is 11.9. The Morgan fingerprint density at radius 2 is 1.95 bits per heavy atom. The number of rotatable bonds is 5. The summed E-state index contributed by atoms with van der Waals surface area (Å²) in [5.41, 5.74) is 0. The van der Waals surface area contributed by atoms with E-state index < -0.39 is 12.0 Å². The molecule has 0 spiro atoms. The van der Waals surface area contributed by atoms with Gasteiger partial charge in [0.15, 0.2) is 0 Å². The summed E-state index contributed by atoms with van der Waals surface area (Å²) in [6, 6.07) is -1.00. The summed E-state index contributed by atoms with van der Waals surface area (Å²) in [5.74, 6) is -0.584. The minimum absolute atomic E-state index is 0.0768. The first-order valence-corrected chi connectivity index (χ1v) is 7.25. The minimum atomic E-state index is -0.971. The van der Waals surface area contributed by atoms with Crippen molar-refractivity contribution in [2.75, 3.05) is 0 Å². The lowest BCUT2D eigenvalue weighted by molar-refractivity contribution is -0.140. The quantitative estimate of drug-likeness (QED) is 0.717. The van der Waals surface area contributed by atoms with Gasteiger partial charge in [-0.2, -0.15) is 0 Å². The number of nitrogens with one attached hydrogen (secondary N) is 2. The van der Waals surface area contributed by atoms with Gasteiger partial charge in [0.05, 0.1) is 0 Å². The normalized spacial score (nSPS) is 26.3. The van der Waals surface area contributed by atoms with E-state index in [4.69, 9.17) is 5.11 Å². The highest BCUT2D eigenvalue weighted by molar-refractivity contribution is 5.82. The van der Waals surface area contributed by atoms with Crippen LogP contribution in [0.25, 0.3) is 0 Å². The number of amides is 2. The van der Waals surface area contributed by atoms with E-state index in [-0.39, 0.29) is 18.0 Å². The van der Waals surface area contributed by atoms with Gasteiger partial charge in [-0.3, -0.25) is 0 Å². The van der Waals surface area contributed by atoms with Gasteiger partial charge in [0.25, 0.3) is 0 Å². The van der Waals surface area contributed by atoms with Crippen molar-refractivity contribution in [3.8, 4) is 0 Å². The number of carbonyl (C=O) groups is 2. The number of urea groups is 1. The topological polar surface area (TPSA) is 78.4 Å². The van der Waals surface area contributed by atoms with Crippen molar-refractivity contribution < 1.29 is 14.7 Å². The summed E-state index contributed by atoms with van der Waals surface area (Å²) in [6.07, 6.45) is 5.17. The average molecular weight is 270 g/mol. The lowest BCUT2D eigenvalue weighted by Crippen LogP contribution is -2.52. The maximum Gasteiger partial charge on any atom is 0.326 e. The Labute approximate surface area is 115 Å². The third-order valence-corrected chi connectivity index (χ3v) is 4.19. The minimum Gasteiger partial charge on any atom is -0.480 e. The Morgan fingerprint density at radius 1 is 1.32 bits per heavy atom. The van der Waals surface area contributed by atoms with Crippen molar-refractivity contribution in [1.29, 1.82) is 0 Å². The van der Waals surface area contributed by atoms with Crippen LogP contribution in [0.15, 0.2) is 0 Å². The lowest BCUT2D eigenvalue weighted by Gasteiger charge is -2.30. The summed E-state index contributed by atoms with van der Waals surface area (Å²) in [5, 5.41) is 14.6. The Hall–Kier alpha value is -1.26. The van der Waals surface area contributed by atoms with Crippen molar-refractivity contribution in [3.63, 3.8) is 0 Å². The number of hydrogen-bond donors (Lipinski definition) is 3. The highest BCUT2D eigenvalue weighted by Gasteiger charge is 2.28. The van der Waals surface area contributed by atoms with Gasteiger partial charge >= 0.3 is 12.0 Å². The molecular weight excluding hydrogens is 244 g/mol. The molecule has 5 heteroatoms. The van der Waals surface area contributed by atoms with Crippen molar-refractivity contribution in [2.24, 2.45) is 11.8 Å². The van der Waals surface area contributed by atoms with Crippen LogP contribution < -0.4 is 10.6 Å². The van der Waals surface area contributed by atoms with Crippen LogP contribution in [0, 0.1) is 11.8 Å². The van der Waals surface area contributed by atoms with E-state index >= 15 is 0 Å². The van der Waals surface area contributed by atoms with Gasteiger partial charge in [0.2, 0.25) is 0 Å². The summed E-state index contributed by atoms with van der Waals surface area (Å²) in [7, 11) is 0. The van der Waals surface area contributed by atoms with Crippen molar-refractivity contribution >= 4 is 12.0 Å². The van der Waals surface area contributed by atoms with Crippen LogP contribution in [-0.4, -0.2) is 29.2 Å². The fourth-order valence-corrected chi connectivity index (χ4v) is 2.57. The molecule has 1 aliphatic carbocycles. The zero-order chi connectivity index (χ0) is 14.4. The Bertz CT molecular complexity index is 320. The molecule has 1 fully saturated rings. The lowest BCUT2D eigenvalue weighted by atomic mass is 9.86. The molecule has 3 N–H and O–H groups in total. The molecule has 4 atom stereocenters. The van der Waals surface area contributed by atoms with Crippen molar-refractivity contribution in [1.82, 2.24) is 10.6 Å². The molecule has 1 rings (SSSR count). The number of carboxylic acid groups (broad SMARTS) is 1. The van der Waals surface area contributed by atoms with Gasteiger partial charge in [0, 0.05) is 6.04 Å².